The zero-order valence-corrected chi connectivity index (χ0v) is 11.0. The van der Waals surface area contributed by atoms with Gasteiger partial charge in [-0.25, -0.2) is 0 Å². The van der Waals surface area contributed by atoms with Gasteiger partial charge in [-0.05, 0) is 10.8 Å². The van der Waals surface area contributed by atoms with Crippen LogP contribution in [-0.4, -0.2) is 23.3 Å². The highest BCUT2D eigenvalue weighted by Crippen LogP contribution is 2.26. The lowest BCUT2D eigenvalue weighted by Crippen LogP contribution is -2.08. The maximum atomic E-state index is 5.36. The zero-order chi connectivity index (χ0) is 13.8. The maximum Gasteiger partial charge on any atom is 0.252 e. The largest absolute Gasteiger partial charge is 0.370 e. The first-order valence-electron chi connectivity index (χ1n) is 6.47. The number of benzene rings is 2. The fourth-order valence-corrected chi connectivity index (χ4v) is 2.09. The fourth-order valence-electron chi connectivity index (χ4n) is 2.09. The molecule has 3 rings (SSSR count). The molecule has 0 fully saturated rings. The fraction of sp³-hybridized carbons (Fsp3) is 0.200. The molecule has 0 amide bonds. The van der Waals surface area contributed by atoms with E-state index < -0.39 is 0 Å². The van der Waals surface area contributed by atoms with Crippen LogP contribution in [0.3, 0.4) is 0 Å². The van der Waals surface area contributed by atoms with Crippen LogP contribution < -0.4 is 5.73 Å². The van der Waals surface area contributed by atoms with Crippen molar-refractivity contribution in [1.82, 2.24) is 10.1 Å². The molecule has 0 aliphatic carbocycles. The third kappa shape index (κ3) is 2.54. The van der Waals surface area contributed by atoms with Gasteiger partial charge in [-0.3, -0.25) is 0 Å². The van der Waals surface area contributed by atoms with E-state index in [0.717, 1.165) is 16.3 Å². The lowest BCUT2D eigenvalue weighted by atomic mass is 10.0. The lowest BCUT2D eigenvalue weighted by molar-refractivity contribution is 0.104. The van der Waals surface area contributed by atoms with E-state index >= 15 is 0 Å². The van der Waals surface area contributed by atoms with Crippen LogP contribution in [0.5, 0.6) is 0 Å². The first-order chi connectivity index (χ1) is 9.88. The molecule has 0 bridgehead atoms. The van der Waals surface area contributed by atoms with Crippen molar-refractivity contribution in [3.05, 3.63) is 48.4 Å². The Balaban J connectivity index is 1.91. The minimum Gasteiger partial charge on any atom is -0.370 e. The van der Waals surface area contributed by atoms with Crippen LogP contribution in [-0.2, 0) is 11.3 Å². The average molecular weight is 269 g/mol. The van der Waals surface area contributed by atoms with Crippen molar-refractivity contribution in [2.45, 2.75) is 6.61 Å². The van der Waals surface area contributed by atoms with Crippen LogP contribution in [0.4, 0.5) is 0 Å². The molecule has 1 aromatic heterocycles. The zero-order valence-electron chi connectivity index (χ0n) is 11.0. The van der Waals surface area contributed by atoms with Crippen LogP contribution in [0.1, 0.15) is 5.89 Å². The summed E-state index contributed by atoms with van der Waals surface area (Å²) in [6.45, 7) is 1.24. The highest BCUT2D eigenvalue weighted by atomic mass is 16.5. The van der Waals surface area contributed by atoms with Gasteiger partial charge >= 0.3 is 0 Å². The highest BCUT2D eigenvalue weighted by Gasteiger charge is 2.11. The van der Waals surface area contributed by atoms with Crippen molar-refractivity contribution in [2.75, 3.05) is 13.2 Å². The summed E-state index contributed by atoms with van der Waals surface area (Å²) in [5.74, 6) is 1.04. The molecule has 0 atom stereocenters. The minimum atomic E-state index is 0.287. The van der Waals surface area contributed by atoms with E-state index in [1.54, 1.807) is 0 Å². The molecule has 5 heteroatoms. The second kappa shape index (κ2) is 5.81. The van der Waals surface area contributed by atoms with Crippen LogP contribution >= 0.6 is 0 Å². The van der Waals surface area contributed by atoms with E-state index in [9.17, 15) is 0 Å². The van der Waals surface area contributed by atoms with Crippen molar-refractivity contribution in [2.24, 2.45) is 5.73 Å². The monoisotopic (exact) mass is 269 g/mol. The summed E-state index contributed by atoms with van der Waals surface area (Å²) in [5.41, 5.74) is 6.32. The smallest absolute Gasteiger partial charge is 0.252 e. The quantitative estimate of drug-likeness (QED) is 0.720. The van der Waals surface area contributed by atoms with Crippen molar-refractivity contribution >= 4 is 10.8 Å². The minimum absolute atomic E-state index is 0.287. The highest BCUT2D eigenvalue weighted by molar-refractivity contribution is 5.94. The predicted molar refractivity (Wildman–Crippen MR) is 76.0 cm³/mol. The van der Waals surface area contributed by atoms with Crippen LogP contribution in [0.2, 0.25) is 0 Å². The van der Waals surface area contributed by atoms with Gasteiger partial charge in [0, 0.05) is 12.1 Å². The number of ether oxygens (including phenoxy) is 1. The molecule has 5 nitrogen and oxygen atoms in total. The Morgan fingerprint density at radius 1 is 1.10 bits per heavy atom. The molecule has 0 aliphatic heterocycles. The van der Waals surface area contributed by atoms with Crippen molar-refractivity contribution < 1.29 is 9.26 Å². The van der Waals surface area contributed by atoms with Gasteiger partial charge in [0.2, 0.25) is 5.82 Å². The number of aromatic nitrogens is 2. The second-order valence-corrected chi connectivity index (χ2v) is 4.38. The van der Waals surface area contributed by atoms with Gasteiger partial charge in [0.1, 0.15) is 6.61 Å². The van der Waals surface area contributed by atoms with Crippen molar-refractivity contribution in [3.63, 3.8) is 0 Å². The molecule has 0 saturated heterocycles. The Morgan fingerprint density at radius 2 is 1.95 bits per heavy atom. The van der Waals surface area contributed by atoms with Gasteiger partial charge in [-0.15, -0.1) is 0 Å². The lowest BCUT2D eigenvalue weighted by Gasteiger charge is -2.01. The number of fused-ring (bicyclic) bond motifs is 1. The Bertz CT molecular complexity index is 704. The molecule has 0 saturated carbocycles. The molecule has 1 heterocycles. The van der Waals surface area contributed by atoms with Crippen LogP contribution in [0.15, 0.2) is 47.0 Å². The molecular weight excluding hydrogens is 254 g/mol. The van der Waals surface area contributed by atoms with Gasteiger partial charge in [-0.2, -0.15) is 4.98 Å². The predicted octanol–water partition coefficient (Wildman–Crippen LogP) is 2.37. The number of nitrogens with zero attached hydrogens (tertiary/aromatic N) is 2. The first-order valence-corrected chi connectivity index (χ1v) is 6.47. The van der Waals surface area contributed by atoms with Crippen molar-refractivity contribution in [3.8, 4) is 11.4 Å². The third-order valence-corrected chi connectivity index (χ3v) is 2.99. The summed E-state index contributed by atoms with van der Waals surface area (Å²) in [7, 11) is 0. The summed E-state index contributed by atoms with van der Waals surface area (Å²) in [5, 5.41) is 6.27. The van der Waals surface area contributed by atoms with Crippen molar-refractivity contribution in [1.29, 1.82) is 0 Å². The normalized spacial score (nSPS) is 11.1. The van der Waals surface area contributed by atoms with E-state index in [1.807, 2.05) is 30.3 Å². The molecule has 3 aromatic rings. The van der Waals surface area contributed by atoms with Gasteiger partial charge < -0.3 is 15.0 Å². The van der Waals surface area contributed by atoms with Gasteiger partial charge in [-0.1, -0.05) is 47.6 Å². The molecule has 0 radical (unpaired) electrons. The molecule has 0 unspecified atom stereocenters. The molecule has 0 spiro atoms. The summed E-state index contributed by atoms with van der Waals surface area (Å²) in [4.78, 5) is 4.36. The number of hydrogen-bond donors (Lipinski definition) is 1. The third-order valence-electron chi connectivity index (χ3n) is 2.99. The van der Waals surface area contributed by atoms with E-state index in [4.69, 9.17) is 15.0 Å². The molecule has 20 heavy (non-hydrogen) atoms. The molecule has 102 valence electrons. The molecule has 2 N–H and O–H groups in total. The average Bonchev–Trinajstić information content (AvgIpc) is 2.96. The van der Waals surface area contributed by atoms with E-state index in [1.165, 1.54) is 0 Å². The summed E-state index contributed by atoms with van der Waals surface area (Å²) in [6, 6.07) is 14.1. The maximum absolute atomic E-state index is 5.36. The summed E-state index contributed by atoms with van der Waals surface area (Å²) < 4.78 is 10.5. The van der Waals surface area contributed by atoms with Gasteiger partial charge in [0.05, 0.1) is 6.61 Å². The first kappa shape index (κ1) is 12.8. The second-order valence-electron chi connectivity index (χ2n) is 4.38. The topological polar surface area (TPSA) is 74.2 Å². The van der Waals surface area contributed by atoms with Crippen LogP contribution in [0.25, 0.3) is 22.2 Å². The molecule has 0 aliphatic rings. The van der Waals surface area contributed by atoms with Crippen LogP contribution in [0, 0.1) is 0 Å². The van der Waals surface area contributed by atoms with E-state index in [2.05, 4.69) is 22.3 Å². The van der Waals surface area contributed by atoms with Gasteiger partial charge in [0.15, 0.2) is 0 Å². The van der Waals surface area contributed by atoms with E-state index in [-0.39, 0.29) is 6.61 Å². The standard InChI is InChI=1S/C15H15N3O2/c16-8-9-19-10-14-17-15(18-20-14)13-7-3-5-11-4-1-2-6-12(11)13/h1-7H,8-10,16H2. The van der Waals surface area contributed by atoms with Gasteiger partial charge in [0.25, 0.3) is 5.89 Å². The molecule has 2 aromatic carbocycles. The summed E-state index contributed by atoms with van der Waals surface area (Å²) in [6.07, 6.45) is 0. The number of rotatable bonds is 5. The number of nitrogens with two attached hydrogens (primary N) is 1. The SMILES string of the molecule is NCCOCc1nc(-c2cccc3ccccc23)no1. The molecular formula is C15H15N3O2. The Labute approximate surface area is 116 Å². The Morgan fingerprint density at radius 3 is 2.85 bits per heavy atom. The Kier molecular flexibility index (Phi) is 3.71. The van der Waals surface area contributed by atoms with E-state index in [0.29, 0.717) is 24.9 Å². The Hall–Kier alpha value is -2.24. The summed E-state index contributed by atoms with van der Waals surface area (Å²) >= 11 is 0. The number of hydrogen-bond acceptors (Lipinski definition) is 5.